The van der Waals surface area contributed by atoms with E-state index in [1.807, 2.05) is 24.3 Å². The molecule has 2 fully saturated rings. The topological polar surface area (TPSA) is 109 Å². The zero-order chi connectivity index (χ0) is 24.5. The van der Waals surface area contributed by atoms with Crippen LogP contribution in [0.5, 0.6) is 0 Å². The summed E-state index contributed by atoms with van der Waals surface area (Å²) in [5.74, 6) is -0.122. The predicted octanol–water partition coefficient (Wildman–Crippen LogP) is 3.38. The lowest BCUT2D eigenvalue weighted by molar-refractivity contribution is -0.138. The van der Waals surface area contributed by atoms with Gasteiger partial charge in [-0.15, -0.1) is 0 Å². The second kappa shape index (κ2) is 7.87. The quantitative estimate of drug-likeness (QED) is 0.483. The number of nitrogens with one attached hydrogen (secondary N) is 2. The number of para-hydroxylation sites is 1. The van der Waals surface area contributed by atoms with Gasteiger partial charge in [-0.3, -0.25) is 19.1 Å². The van der Waals surface area contributed by atoms with Gasteiger partial charge in [-0.1, -0.05) is 25.1 Å². The van der Waals surface area contributed by atoms with Crippen LogP contribution in [0.2, 0.25) is 0 Å². The Kier molecular flexibility index (Phi) is 5.00. The number of fused-ring (bicyclic) bond motifs is 3. The number of carbonyl (C=O) groups excluding carboxylic acids is 3. The molecule has 1 saturated heterocycles. The summed E-state index contributed by atoms with van der Waals surface area (Å²) in [5, 5.41) is 11.4. The Bertz CT molecular complexity index is 1420. The minimum Gasteiger partial charge on any atom is -0.383 e. The number of anilines is 2. The normalized spacial score (nSPS) is 24.1. The van der Waals surface area contributed by atoms with E-state index in [0.29, 0.717) is 17.9 Å². The highest BCUT2D eigenvalue weighted by atomic mass is 79.9. The highest BCUT2D eigenvalue weighted by Gasteiger charge is 2.64. The molecular formula is C25H25BrN6O3. The van der Waals surface area contributed by atoms with Crippen molar-refractivity contribution in [2.45, 2.75) is 51.7 Å². The number of hydrogen-bond acceptors (Lipinski definition) is 6. The van der Waals surface area contributed by atoms with Crippen LogP contribution in [0.3, 0.4) is 0 Å². The summed E-state index contributed by atoms with van der Waals surface area (Å²) in [7, 11) is 0. The molecule has 9 nitrogen and oxygen atoms in total. The number of likely N-dealkylation sites (tertiary alicyclic amines) is 1. The first kappa shape index (κ1) is 22.2. The number of pyridine rings is 1. The van der Waals surface area contributed by atoms with Crippen LogP contribution in [0.1, 0.15) is 42.7 Å². The van der Waals surface area contributed by atoms with E-state index in [4.69, 9.17) is 0 Å². The second-order valence-corrected chi connectivity index (χ2v) is 10.8. The third-order valence-corrected chi connectivity index (χ3v) is 8.31. The van der Waals surface area contributed by atoms with Gasteiger partial charge in [0.05, 0.1) is 15.7 Å². The Labute approximate surface area is 210 Å². The molecule has 10 heteroatoms. The number of amides is 2. The number of nitrogens with zero attached hydrogens (tertiary/aromatic N) is 4. The number of hydrogen-bond donors (Lipinski definition) is 2. The van der Waals surface area contributed by atoms with Crippen LogP contribution in [-0.4, -0.2) is 55.9 Å². The lowest BCUT2D eigenvalue weighted by Crippen LogP contribution is -2.46. The molecule has 1 unspecified atom stereocenters. The Morgan fingerprint density at radius 3 is 2.86 bits per heavy atom. The van der Waals surface area contributed by atoms with E-state index < -0.39 is 6.04 Å². The minimum absolute atomic E-state index is 0.0259. The number of ketones is 1. The van der Waals surface area contributed by atoms with E-state index in [2.05, 4.69) is 43.6 Å². The van der Waals surface area contributed by atoms with Crippen molar-refractivity contribution in [1.29, 1.82) is 0 Å². The highest BCUT2D eigenvalue weighted by Crippen LogP contribution is 2.59. The maximum Gasteiger partial charge on any atom is 0.248 e. The molecule has 35 heavy (non-hydrogen) atoms. The van der Waals surface area contributed by atoms with Crippen LogP contribution in [0.25, 0.3) is 10.9 Å². The summed E-state index contributed by atoms with van der Waals surface area (Å²) >= 11 is 3.57. The molecule has 0 bridgehead atoms. The van der Waals surface area contributed by atoms with Crippen molar-refractivity contribution in [3.63, 3.8) is 0 Å². The molecule has 1 saturated carbocycles. The van der Waals surface area contributed by atoms with Crippen LogP contribution < -0.4 is 10.6 Å². The number of aromatic nitrogens is 3. The summed E-state index contributed by atoms with van der Waals surface area (Å²) in [6, 6.07) is 6.83. The molecule has 2 amide bonds. The van der Waals surface area contributed by atoms with Gasteiger partial charge >= 0.3 is 0 Å². The van der Waals surface area contributed by atoms with Crippen LogP contribution in [0.4, 0.5) is 11.5 Å². The average molecular weight is 537 g/mol. The first-order valence-electron chi connectivity index (χ1n) is 11.8. The molecular weight excluding hydrogens is 512 g/mol. The summed E-state index contributed by atoms with van der Waals surface area (Å²) in [6.07, 6.45) is 4.16. The van der Waals surface area contributed by atoms with Crippen LogP contribution in [0, 0.1) is 5.41 Å². The number of halogens is 1. The van der Waals surface area contributed by atoms with Gasteiger partial charge in [-0.25, -0.2) is 4.98 Å². The van der Waals surface area contributed by atoms with Gasteiger partial charge in [-0.2, -0.15) is 5.10 Å². The van der Waals surface area contributed by atoms with Crippen molar-refractivity contribution in [1.82, 2.24) is 19.7 Å². The van der Waals surface area contributed by atoms with E-state index in [0.717, 1.165) is 46.0 Å². The number of Topliss-reactive ketones (excluding diaryl/α,β-unsaturated/α-hetero) is 1. The van der Waals surface area contributed by atoms with Gasteiger partial charge < -0.3 is 15.5 Å². The largest absolute Gasteiger partial charge is 0.383 e. The minimum atomic E-state index is -0.588. The fourth-order valence-corrected chi connectivity index (χ4v) is 6.19. The fraction of sp³-hybridized carbons (Fsp3) is 0.400. The van der Waals surface area contributed by atoms with Crippen molar-refractivity contribution in [3.05, 3.63) is 46.2 Å². The van der Waals surface area contributed by atoms with Crippen LogP contribution in [-0.2, 0) is 22.6 Å². The zero-order valence-corrected chi connectivity index (χ0v) is 21.1. The first-order valence-corrected chi connectivity index (χ1v) is 12.6. The van der Waals surface area contributed by atoms with E-state index in [1.165, 1.54) is 6.92 Å². The lowest BCUT2D eigenvalue weighted by Gasteiger charge is -2.27. The van der Waals surface area contributed by atoms with Crippen molar-refractivity contribution in [2.24, 2.45) is 5.41 Å². The van der Waals surface area contributed by atoms with Gasteiger partial charge in [0.1, 0.15) is 24.1 Å². The lowest BCUT2D eigenvalue weighted by atomic mass is 10.0. The number of rotatable bonds is 5. The first-order chi connectivity index (χ1) is 16.8. The molecule has 2 N–H and O–H groups in total. The number of benzene rings is 1. The fourth-order valence-electron chi connectivity index (χ4n) is 5.59. The SMILES string of the molecule is CC(=O)c1nn(CC(=O)N2C3C[C@]3(C)C[C@H]2C(=O)Nc2ncc3c(c2Br)NCC3)c2ccccc12. The van der Waals surface area contributed by atoms with Gasteiger partial charge in [0.2, 0.25) is 11.8 Å². The Balaban J connectivity index is 1.26. The molecule has 1 aromatic carbocycles. The van der Waals surface area contributed by atoms with Gasteiger partial charge in [0.15, 0.2) is 5.78 Å². The maximum absolute atomic E-state index is 13.6. The third kappa shape index (κ3) is 3.53. The standard InChI is InChI=1S/C25H25BrN6O3/c1-13(33)21-15-5-3-4-6-16(15)31(30-21)12-19(34)32-17(9-25(2)10-18(25)32)24(35)29-23-20(26)22-14(11-28-23)7-8-27-22/h3-6,11,17-18,27H,7-10,12H2,1-2H3,(H,28,29,35)/t17-,18?,25-/m0/s1. The number of carbonyl (C=O) groups is 3. The third-order valence-electron chi connectivity index (χ3n) is 7.54. The molecule has 3 aliphatic rings. The Morgan fingerprint density at radius 2 is 2.06 bits per heavy atom. The Hall–Kier alpha value is -3.27. The summed E-state index contributed by atoms with van der Waals surface area (Å²) < 4.78 is 2.30. The molecule has 0 spiro atoms. The average Bonchev–Trinajstić information content (AvgIpc) is 3.20. The summed E-state index contributed by atoms with van der Waals surface area (Å²) in [6.45, 7) is 4.40. The van der Waals surface area contributed by atoms with Crippen molar-refractivity contribution in [3.8, 4) is 0 Å². The van der Waals surface area contributed by atoms with E-state index in [-0.39, 0.29) is 35.6 Å². The Morgan fingerprint density at radius 1 is 1.26 bits per heavy atom. The number of piperidine rings is 1. The van der Waals surface area contributed by atoms with Crippen LogP contribution in [0.15, 0.2) is 34.9 Å². The maximum atomic E-state index is 13.6. The smallest absolute Gasteiger partial charge is 0.248 e. The second-order valence-electron chi connectivity index (χ2n) is 9.96. The molecule has 4 heterocycles. The molecule has 0 radical (unpaired) electrons. The summed E-state index contributed by atoms with van der Waals surface area (Å²) in [4.78, 5) is 45.2. The van der Waals surface area contributed by atoms with Crippen LogP contribution >= 0.6 is 15.9 Å². The molecule has 6 rings (SSSR count). The van der Waals surface area contributed by atoms with Crippen molar-refractivity contribution in [2.75, 3.05) is 17.2 Å². The molecule has 1 aliphatic carbocycles. The van der Waals surface area contributed by atoms with E-state index in [9.17, 15) is 14.4 Å². The molecule has 2 aliphatic heterocycles. The zero-order valence-electron chi connectivity index (χ0n) is 19.5. The predicted molar refractivity (Wildman–Crippen MR) is 134 cm³/mol. The van der Waals surface area contributed by atoms with Crippen molar-refractivity contribution < 1.29 is 14.4 Å². The molecule has 3 atom stereocenters. The molecule has 2 aromatic heterocycles. The van der Waals surface area contributed by atoms with E-state index >= 15 is 0 Å². The highest BCUT2D eigenvalue weighted by molar-refractivity contribution is 9.10. The van der Waals surface area contributed by atoms with Crippen molar-refractivity contribution >= 4 is 55.9 Å². The molecule has 3 aromatic rings. The van der Waals surface area contributed by atoms with Gasteiger partial charge in [0.25, 0.3) is 0 Å². The van der Waals surface area contributed by atoms with Gasteiger partial charge in [0, 0.05) is 31.1 Å². The monoisotopic (exact) mass is 536 g/mol. The van der Waals surface area contributed by atoms with Gasteiger partial charge in [-0.05, 0) is 52.2 Å². The summed E-state index contributed by atoms with van der Waals surface area (Å²) in [5.41, 5.74) is 3.08. The van der Waals surface area contributed by atoms with E-state index in [1.54, 1.807) is 15.8 Å². The molecule has 180 valence electrons.